The minimum Gasteiger partial charge on any atom is -0.508 e. The Bertz CT molecular complexity index is 2910. The van der Waals surface area contributed by atoms with Gasteiger partial charge in [0.25, 0.3) is 0 Å². The molecule has 0 radical (unpaired) electrons. The lowest BCUT2D eigenvalue weighted by molar-refractivity contribution is -0.142. The molecule has 83 heavy (non-hydrogen) atoms. The van der Waals surface area contributed by atoms with Crippen LogP contribution in [0, 0.1) is 5.92 Å². The number of benzene rings is 2. The van der Waals surface area contributed by atoms with E-state index in [0.717, 1.165) is 13.3 Å². The summed E-state index contributed by atoms with van der Waals surface area (Å²) in [7, 11) is 0. The second-order valence-electron chi connectivity index (χ2n) is 20.2. The summed E-state index contributed by atoms with van der Waals surface area (Å²) in [4.78, 5) is 156. The normalized spacial score (nSPS) is 16.3. The molecule has 10 atom stereocenters. The smallest absolute Gasteiger partial charge is 0.326 e. The maximum absolute atomic E-state index is 14.4. The van der Waals surface area contributed by atoms with Crippen molar-refractivity contribution in [2.24, 2.45) is 5.92 Å². The molecule has 1 aliphatic rings. The number of hydrogen-bond acceptors (Lipinski definition) is 17. The van der Waals surface area contributed by atoms with Gasteiger partial charge in [-0.05, 0) is 68.0 Å². The number of carboxylic acids is 2. The number of amides is 9. The van der Waals surface area contributed by atoms with Crippen molar-refractivity contribution in [1.82, 2.24) is 68.1 Å². The van der Waals surface area contributed by atoms with Gasteiger partial charge in [0.05, 0.1) is 44.7 Å². The summed E-state index contributed by atoms with van der Waals surface area (Å²) < 4.78 is 0. The number of aliphatic carboxylic acids is 2. The van der Waals surface area contributed by atoms with E-state index in [1.807, 2.05) is 5.32 Å². The van der Waals surface area contributed by atoms with Crippen molar-refractivity contribution in [3.63, 3.8) is 0 Å². The van der Waals surface area contributed by atoms with Crippen molar-refractivity contribution < 1.29 is 83.4 Å². The van der Waals surface area contributed by atoms with E-state index in [1.165, 1.54) is 24.7 Å². The number of hydrogen-bond donors (Lipinski definition) is 18. The fraction of sp³-hybridized carbons (Fsp3) is 0.472. The second-order valence-corrected chi connectivity index (χ2v) is 20.2. The average Bonchev–Trinajstić information content (AvgIpc) is 4.41. The number of H-pyrrole nitrogens is 2. The zero-order chi connectivity index (χ0) is 60.9. The molecule has 2 aromatic carbocycles. The lowest BCUT2D eigenvalue weighted by Crippen LogP contribution is -2.62. The Balaban J connectivity index is 1.28. The van der Waals surface area contributed by atoms with E-state index in [1.54, 1.807) is 56.4 Å². The van der Waals surface area contributed by atoms with Crippen LogP contribution in [0.5, 0.6) is 5.75 Å². The van der Waals surface area contributed by atoms with Crippen LogP contribution in [0.4, 0.5) is 0 Å². The molecule has 18 N–H and O–H groups in total. The minimum absolute atomic E-state index is 0.0248. The molecule has 4 aromatic rings. The molecule has 30 heteroatoms. The van der Waals surface area contributed by atoms with Crippen LogP contribution in [-0.2, 0) is 72.0 Å². The molecule has 3 heterocycles. The summed E-state index contributed by atoms with van der Waals surface area (Å²) in [6, 6.07) is -0.967. The van der Waals surface area contributed by atoms with E-state index in [9.17, 15) is 83.4 Å². The first-order valence-corrected chi connectivity index (χ1v) is 26.5. The number of fused-ring (bicyclic) bond motifs is 1. The molecular weight excluding hydrogens is 1090 g/mol. The highest BCUT2D eigenvalue weighted by Crippen LogP contribution is 2.20. The van der Waals surface area contributed by atoms with Crippen molar-refractivity contribution in [2.45, 2.75) is 126 Å². The zero-order valence-electron chi connectivity index (χ0n) is 45.6. The molecule has 1 saturated heterocycles. The van der Waals surface area contributed by atoms with Gasteiger partial charge in [-0.1, -0.05) is 44.2 Å². The summed E-state index contributed by atoms with van der Waals surface area (Å²) in [5, 5.41) is 84.9. The van der Waals surface area contributed by atoms with Gasteiger partial charge in [0, 0.05) is 48.3 Å². The third kappa shape index (κ3) is 19.9. The fourth-order valence-electron chi connectivity index (χ4n) is 8.82. The Kier molecular flexibility index (Phi) is 24.4. The zero-order valence-corrected chi connectivity index (χ0v) is 45.6. The van der Waals surface area contributed by atoms with Crippen LogP contribution in [0.1, 0.15) is 63.3 Å². The highest BCUT2D eigenvalue weighted by molar-refractivity contribution is 5.99. The van der Waals surface area contributed by atoms with E-state index >= 15 is 0 Å². The number of aromatic nitrogens is 3. The number of aliphatic hydroxyl groups excluding tert-OH is 3. The van der Waals surface area contributed by atoms with Gasteiger partial charge in [-0.25, -0.2) is 9.78 Å². The molecule has 1 fully saturated rings. The highest BCUT2D eigenvalue weighted by atomic mass is 16.4. The molecule has 0 aliphatic carbocycles. The largest absolute Gasteiger partial charge is 0.508 e. The number of para-hydroxylation sites is 1. The van der Waals surface area contributed by atoms with Crippen molar-refractivity contribution >= 4 is 76.0 Å². The van der Waals surface area contributed by atoms with Crippen molar-refractivity contribution in [1.29, 1.82) is 0 Å². The molecule has 450 valence electrons. The Labute approximate surface area is 474 Å². The summed E-state index contributed by atoms with van der Waals surface area (Å²) in [6.07, 6.45) is 2.17. The van der Waals surface area contributed by atoms with Crippen LogP contribution < -0.4 is 53.2 Å². The third-order valence-corrected chi connectivity index (χ3v) is 13.2. The number of phenolic OH excluding ortho intramolecular Hbond substituents is 1. The van der Waals surface area contributed by atoms with Gasteiger partial charge in [0.2, 0.25) is 53.2 Å². The molecule has 0 bridgehead atoms. The minimum atomic E-state index is -2.06. The van der Waals surface area contributed by atoms with Gasteiger partial charge < -0.3 is 93.8 Å². The topological polar surface area (TPSA) is 474 Å². The first kappa shape index (κ1) is 64.8. The Morgan fingerprint density at radius 2 is 1.22 bits per heavy atom. The first-order valence-electron chi connectivity index (χ1n) is 26.5. The van der Waals surface area contributed by atoms with Gasteiger partial charge in [-0.15, -0.1) is 0 Å². The average molecular weight is 1160 g/mol. The molecule has 2 aromatic heterocycles. The Hall–Kier alpha value is -9.00. The number of nitrogens with one attached hydrogen (secondary N) is 12. The van der Waals surface area contributed by atoms with Crippen molar-refractivity contribution in [3.05, 3.63) is 84.1 Å². The number of carboxylic acid groups (broad SMARTS) is 2. The quantitative estimate of drug-likeness (QED) is 0.0219. The molecule has 0 unspecified atom stereocenters. The van der Waals surface area contributed by atoms with E-state index in [0.29, 0.717) is 40.7 Å². The molecule has 30 nitrogen and oxygen atoms in total. The van der Waals surface area contributed by atoms with Crippen LogP contribution in [0.25, 0.3) is 10.9 Å². The maximum atomic E-state index is 14.4. The van der Waals surface area contributed by atoms with Crippen LogP contribution >= 0.6 is 0 Å². The van der Waals surface area contributed by atoms with Gasteiger partial charge in [-0.2, -0.15) is 0 Å². The number of imidazole rings is 1. The standard InChI is InChI=1S/C53H71N13O17/c1-26(2)15-35(60-47(76)36(16-28-10-12-31(70)13-11-28)61-45(74)34-9-6-14-55-34)46(75)62-37(17-29-20-56-33-8-5-4-7-32(29)33)48(77)64-41(24-68)51(80)65-40(23-67)50(79)63-38(19-43(72)73)49(78)66-44(27(3)69)52(81)57-22-42(71)59-39(53(82)83)18-30-21-54-25-58-30/h4-5,7-8,10-13,20-21,25-27,34-41,44,55-56,67-70H,6,9,14-19,22-24H2,1-3H3,(H,54,58)(H,57,81)(H,59,71)(H,60,76)(H,61,74)(H,62,75)(H,63,79)(H,64,77)(H,65,80)(H,66,78)(H,72,73)(H,82,83)/t27-,34+,35+,36+,37+,38+,39+,40+,41+,44+/m1/s1. The molecule has 0 spiro atoms. The van der Waals surface area contributed by atoms with Crippen LogP contribution in [0.2, 0.25) is 0 Å². The SMILES string of the molecule is CC(C)C[C@H](NC(=O)[C@H](Cc1ccc(O)cc1)NC(=O)[C@@H]1CCCN1)C(=O)N[C@@H](Cc1c[nH]c2ccccc12)C(=O)N[C@@H](CO)C(=O)N[C@@H](CO)C(=O)N[C@@H](CC(=O)O)C(=O)N[C@H](C(=O)NCC(=O)N[C@@H](Cc1cnc[nH]1)C(=O)O)[C@@H](C)O. The molecule has 0 saturated carbocycles. The molecule has 1 aliphatic heterocycles. The summed E-state index contributed by atoms with van der Waals surface area (Å²) >= 11 is 0. The fourth-order valence-corrected chi connectivity index (χ4v) is 8.82. The van der Waals surface area contributed by atoms with Gasteiger partial charge in [0.1, 0.15) is 54.1 Å². The highest BCUT2D eigenvalue weighted by Gasteiger charge is 2.37. The van der Waals surface area contributed by atoms with E-state index in [-0.39, 0.29) is 37.4 Å². The number of carbonyl (C=O) groups is 11. The predicted octanol–water partition coefficient (Wildman–Crippen LogP) is -4.66. The predicted molar refractivity (Wildman–Crippen MR) is 291 cm³/mol. The Morgan fingerprint density at radius 1 is 0.639 bits per heavy atom. The number of nitrogens with zero attached hydrogens (tertiary/aromatic N) is 1. The third-order valence-electron chi connectivity index (χ3n) is 13.2. The van der Waals surface area contributed by atoms with E-state index < -0.39 is 152 Å². The van der Waals surface area contributed by atoms with Crippen molar-refractivity contribution in [2.75, 3.05) is 26.3 Å². The summed E-state index contributed by atoms with van der Waals surface area (Å²) in [6.45, 7) is 2.01. The number of aliphatic hydroxyl groups is 3. The summed E-state index contributed by atoms with van der Waals surface area (Å²) in [5.74, 6) is -12.7. The van der Waals surface area contributed by atoms with Gasteiger partial charge in [0.15, 0.2) is 0 Å². The maximum Gasteiger partial charge on any atom is 0.326 e. The molecular formula is C53H71N13O17. The van der Waals surface area contributed by atoms with Crippen molar-refractivity contribution in [3.8, 4) is 5.75 Å². The van der Waals surface area contributed by atoms with E-state index in [2.05, 4.69) is 62.8 Å². The number of aromatic hydroxyl groups is 1. The van der Waals surface area contributed by atoms with Gasteiger partial charge >= 0.3 is 11.9 Å². The van der Waals surface area contributed by atoms with Gasteiger partial charge in [-0.3, -0.25) is 47.9 Å². The summed E-state index contributed by atoms with van der Waals surface area (Å²) in [5.41, 5.74) is 2.13. The number of carbonyl (C=O) groups excluding carboxylic acids is 9. The molecule has 9 amide bonds. The second kappa shape index (κ2) is 31.3. The van der Waals surface area contributed by atoms with Crippen LogP contribution in [-0.4, -0.2) is 197 Å². The van der Waals surface area contributed by atoms with Crippen LogP contribution in [0.3, 0.4) is 0 Å². The first-order chi connectivity index (χ1) is 39.5. The van der Waals surface area contributed by atoms with E-state index in [4.69, 9.17) is 0 Å². The number of rotatable bonds is 32. The van der Waals surface area contributed by atoms with Crippen LogP contribution in [0.15, 0.2) is 67.3 Å². The number of phenols is 1. The lowest BCUT2D eigenvalue weighted by atomic mass is 9.99. The Morgan fingerprint density at radius 3 is 1.78 bits per heavy atom. The molecule has 5 rings (SSSR count). The number of aromatic amines is 2. The lowest BCUT2D eigenvalue weighted by Gasteiger charge is -2.28. The monoisotopic (exact) mass is 1160 g/mol.